The number of fused-ring (bicyclic) bond motifs is 3. The molecule has 1 amide bonds. The largest absolute Gasteiger partial charge is 0.460 e. The summed E-state index contributed by atoms with van der Waals surface area (Å²) < 4.78 is 12.1. The molecule has 2 aromatic heterocycles. The number of amides is 1. The molecule has 8 heteroatoms. The van der Waals surface area contributed by atoms with Gasteiger partial charge in [-0.05, 0) is 74.4 Å². The fourth-order valence-electron chi connectivity index (χ4n) is 5.07. The molecule has 172 valence electrons. The highest BCUT2D eigenvalue weighted by Crippen LogP contribution is 2.38. The summed E-state index contributed by atoms with van der Waals surface area (Å²) in [6, 6.07) is 12.8. The Balaban J connectivity index is 1.24. The molecule has 33 heavy (non-hydrogen) atoms. The molecule has 3 atom stereocenters. The van der Waals surface area contributed by atoms with Crippen molar-refractivity contribution in [1.82, 2.24) is 15.2 Å². The van der Waals surface area contributed by atoms with Gasteiger partial charge in [0.15, 0.2) is 5.09 Å². The number of aromatic nitrogens is 1. The van der Waals surface area contributed by atoms with Crippen LogP contribution >= 0.6 is 11.8 Å². The number of anilines is 1. The van der Waals surface area contributed by atoms with Gasteiger partial charge in [-0.15, -0.1) is 0 Å². The van der Waals surface area contributed by atoms with Crippen LogP contribution in [0.1, 0.15) is 38.4 Å². The number of carbonyl (C=O) groups is 1. The van der Waals surface area contributed by atoms with Crippen LogP contribution in [0.4, 0.5) is 5.69 Å². The standard InChI is InChI=1S/C25H28N4O3S/c1-15(30)28-18-11-19-6-7-20(12-18)29(19)14-22-10-17-5-8-21(13-24(17)32-22)31-16(2)33-25-23(26)4-3-9-27-25/h3-5,8-10,13,18-20H,2,6-7,11-12,14,26H2,1H3,(H,28,30)/t18-,19+,20-. The molecule has 3 N–H and O–H groups in total. The molecule has 2 aliphatic rings. The molecule has 0 radical (unpaired) electrons. The molecular formula is C25H28N4O3S. The van der Waals surface area contributed by atoms with Crippen LogP contribution in [-0.4, -0.2) is 33.9 Å². The number of nitrogens with zero attached hydrogens (tertiary/aromatic N) is 2. The average molecular weight is 465 g/mol. The van der Waals surface area contributed by atoms with Crippen LogP contribution < -0.4 is 15.8 Å². The van der Waals surface area contributed by atoms with Gasteiger partial charge in [-0.25, -0.2) is 4.98 Å². The van der Waals surface area contributed by atoms with Crippen molar-refractivity contribution in [2.45, 2.75) is 62.3 Å². The zero-order valence-corrected chi connectivity index (χ0v) is 19.4. The molecule has 2 fully saturated rings. The summed E-state index contributed by atoms with van der Waals surface area (Å²) in [6.45, 7) is 6.36. The first-order valence-electron chi connectivity index (χ1n) is 11.2. The summed E-state index contributed by atoms with van der Waals surface area (Å²) in [4.78, 5) is 18.3. The Kier molecular flexibility index (Phi) is 6.03. The molecule has 1 aromatic carbocycles. The lowest BCUT2D eigenvalue weighted by molar-refractivity contribution is -0.120. The third-order valence-corrected chi connectivity index (χ3v) is 7.26. The van der Waals surface area contributed by atoms with E-state index in [4.69, 9.17) is 14.9 Å². The molecule has 3 aromatic rings. The maximum absolute atomic E-state index is 11.5. The summed E-state index contributed by atoms with van der Waals surface area (Å²) >= 11 is 1.29. The summed E-state index contributed by atoms with van der Waals surface area (Å²) in [5, 5.41) is 5.31. The van der Waals surface area contributed by atoms with E-state index in [-0.39, 0.29) is 5.91 Å². The highest BCUT2D eigenvalue weighted by atomic mass is 32.2. The van der Waals surface area contributed by atoms with Crippen molar-refractivity contribution in [1.29, 1.82) is 0 Å². The van der Waals surface area contributed by atoms with E-state index in [9.17, 15) is 4.79 Å². The van der Waals surface area contributed by atoms with E-state index in [1.54, 1.807) is 25.3 Å². The number of benzene rings is 1. The van der Waals surface area contributed by atoms with Crippen LogP contribution in [-0.2, 0) is 11.3 Å². The lowest BCUT2D eigenvalue weighted by Crippen LogP contribution is -2.49. The maximum Gasteiger partial charge on any atom is 0.217 e. The number of carbonyl (C=O) groups excluding carboxylic acids is 1. The fraction of sp³-hybridized carbons (Fsp3) is 0.360. The Labute approximate surface area is 197 Å². The van der Waals surface area contributed by atoms with Gasteiger partial charge in [0.25, 0.3) is 0 Å². The third kappa shape index (κ3) is 4.86. The minimum absolute atomic E-state index is 0.0627. The number of nitrogen functional groups attached to an aromatic ring is 1. The van der Waals surface area contributed by atoms with Crippen molar-refractivity contribution in [3.63, 3.8) is 0 Å². The number of piperidine rings is 1. The number of hydrogen-bond acceptors (Lipinski definition) is 7. The molecule has 7 nitrogen and oxygen atoms in total. The number of ether oxygens (including phenoxy) is 1. The zero-order valence-electron chi connectivity index (χ0n) is 18.6. The average Bonchev–Trinajstić information content (AvgIpc) is 3.26. The SMILES string of the molecule is C=C(Oc1ccc2cc(CN3[C@@H]4CC[C@H]3C[C@@H](NC(C)=O)C4)oc2c1)Sc1ncccc1N. The molecular weight excluding hydrogens is 436 g/mol. The highest BCUT2D eigenvalue weighted by Gasteiger charge is 2.41. The van der Waals surface area contributed by atoms with Gasteiger partial charge in [0.05, 0.1) is 12.2 Å². The van der Waals surface area contributed by atoms with Crippen LogP contribution in [0, 0.1) is 0 Å². The first kappa shape index (κ1) is 21.9. The Morgan fingerprint density at radius 3 is 2.82 bits per heavy atom. The van der Waals surface area contributed by atoms with Gasteiger partial charge in [0.1, 0.15) is 22.1 Å². The lowest BCUT2D eigenvalue weighted by Gasteiger charge is -2.38. The van der Waals surface area contributed by atoms with Gasteiger partial charge >= 0.3 is 0 Å². The quantitative estimate of drug-likeness (QED) is 0.387. The number of furan rings is 1. The predicted molar refractivity (Wildman–Crippen MR) is 130 cm³/mol. The second-order valence-corrected chi connectivity index (χ2v) is 9.86. The first-order chi connectivity index (χ1) is 15.9. The first-order valence-corrected chi connectivity index (χ1v) is 12.1. The normalized spacial score (nSPS) is 22.4. The fourth-order valence-corrected chi connectivity index (χ4v) is 5.73. The number of hydrogen-bond donors (Lipinski definition) is 2. The number of nitrogens with two attached hydrogens (primary N) is 1. The Morgan fingerprint density at radius 1 is 1.30 bits per heavy atom. The predicted octanol–water partition coefficient (Wildman–Crippen LogP) is 4.68. The van der Waals surface area contributed by atoms with Crippen molar-refractivity contribution in [2.75, 3.05) is 5.73 Å². The molecule has 2 bridgehead atoms. The van der Waals surface area contributed by atoms with Crippen molar-refractivity contribution in [3.05, 3.63) is 60.0 Å². The second-order valence-electron chi connectivity index (χ2n) is 8.81. The zero-order chi connectivity index (χ0) is 22.9. The van der Waals surface area contributed by atoms with Gasteiger partial charge in [0.2, 0.25) is 5.91 Å². The topological polar surface area (TPSA) is 93.6 Å². The second kappa shape index (κ2) is 9.11. The van der Waals surface area contributed by atoms with Gasteiger partial charge < -0.3 is 20.2 Å². The Hall–Kier alpha value is -2.97. The monoisotopic (exact) mass is 464 g/mol. The van der Waals surface area contributed by atoms with Crippen molar-refractivity contribution in [2.24, 2.45) is 0 Å². The number of rotatable bonds is 7. The maximum atomic E-state index is 11.5. The Morgan fingerprint density at radius 2 is 2.09 bits per heavy atom. The van der Waals surface area contributed by atoms with Gasteiger partial charge in [0, 0.05) is 42.7 Å². The minimum Gasteiger partial charge on any atom is -0.460 e. The molecule has 0 saturated carbocycles. The summed E-state index contributed by atoms with van der Waals surface area (Å²) in [6.07, 6.45) is 6.07. The van der Waals surface area contributed by atoms with Crippen molar-refractivity contribution in [3.8, 4) is 5.75 Å². The van der Waals surface area contributed by atoms with E-state index < -0.39 is 0 Å². The smallest absolute Gasteiger partial charge is 0.217 e. The van der Waals surface area contributed by atoms with Crippen LogP contribution in [0.2, 0.25) is 0 Å². The lowest BCUT2D eigenvalue weighted by atomic mass is 9.97. The highest BCUT2D eigenvalue weighted by molar-refractivity contribution is 8.02. The summed E-state index contributed by atoms with van der Waals surface area (Å²) in [5.74, 6) is 1.67. The van der Waals surface area contributed by atoms with Crippen LogP contribution in [0.15, 0.2) is 63.7 Å². The molecule has 5 rings (SSSR count). The summed E-state index contributed by atoms with van der Waals surface area (Å²) in [5.41, 5.74) is 7.33. The van der Waals surface area contributed by atoms with Crippen LogP contribution in [0.25, 0.3) is 11.0 Å². The van der Waals surface area contributed by atoms with Crippen molar-refractivity contribution >= 4 is 34.3 Å². The van der Waals surface area contributed by atoms with Crippen LogP contribution in [0.3, 0.4) is 0 Å². The molecule has 2 saturated heterocycles. The van der Waals surface area contributed by atoms with Gasteiger partial charge in [-0.1, -0.05) is 0 Å². The summed E-state index contributed by atoms with van der Waals surface area (Å²) in [7, 11) is 0. The number of nitrogens with one attached hydrogen (secondary N) is 1. The third-order valence-electron chi connectivity index (χ3n) is 6.42. The van der Waals surface area contributed by atoms with E-state index >= 15 is 0 Å². The molecule has 2 aliphatic heterocycles. The molecule has 0 unspecified atom stereocenters. The van der Waals surface area contributed by atoms with Crippen LogP contribution in [0.5, 0.6) is 5.75 Å². The molecule has 0 aliphatic carbocycles. The number of thioether (sulfide) groups is 1. The minimum atomic E-state index is 0.0627. The van der Waals surface area contributed by atoms with Gasteiger partial charge in [-0.3, -0.25) is 9.69 Å². The molecule has 0 spiro atoms. The Bertz CT molecular complexity index is 1180. The van der Waals surface area contributed by atoms with E-state index in [1.165, 1.54) is 24.6 Å². The van der Waals surface area contributed by atoms with Crippen molar-refractivity contribution < 1.29 is 13.9 Å². The van der Waals surface area contributed by atoms with E-state index in [1.807, 2.05) is 18.2 Å². The van der Waals surface area contributed by atoms with E-state index in [0.717, 1.165) is 36.1 Å². The van der Waals surface area contributed by atoms with E-state index in [0.29, 0.717) is 39.7 Å². The van der Waals surface area contributed by atoms with E-state index in [2.05, 4.69) is 27.8 Å². The molecule has 4 heterocycles. The number of pyridine rings is 1. The van der Waals surface area contributed by atoms with Gasteiger partial charge in [-0.2, -0.15) is 0 Å².